The average molecular weight is 1000 g/mol. The van der Waals surface area contributed by atoms with Crippen LogP contribution in [-0.2, 0) is 0 Å². The van der Waals surface area contributed by atoms with E-state index in [9.17, 15) is 5.11 Å². The second-order valence-corrected chi connectivity index (χ2v) is 20.7. The highest BCUT2D eigenvalue weighted by Gasteiger charge is 2.26. The van der Waals surface area contributed by atoms with Crippen LogP contribution >= 0.6 is 0 Å². The average Bonchev–Trinajstić information content (AvgIpc) is 3.38. The van der Waals surface area contributed by atoms with Crippen LogP contribution in [-0.4, -0.2) is 48.2 Å². The van der Waals surface area contributed by atoms with E-state index in [0.717, 1.165) is 104 Å². The number of phenols is 1. The Balaban J connectivity index is 1.39. The number of ether oxygens (including phenoxy) is 2. The zero-order chi connectivity index (χ0) is 53.0. The third-order valence-corrected chi connectivity index (χ3v) is 14.1. The summed E-state index contributed by atoms with van der Waals surface area (Å²) in [5, 5.41) is 12.7. The van der Waals surface area contributed by atoms with Crippen LogP contribution in [0.5, 0.6) is 17.2 Å². The molecule has 75 heavy (non-hydrogen) atoms. The van der Waals surface area contributed by atoms with E-state index in [1.807, 2.05) is 18.2 Å². The largest absolute Gasteiger partial charge is 0.507 e. The van der Waals surface area contributed by atoms with Crippen molar-refractivity contribution in [2.75, 3.05) is 13.2 Å². The second kappa shape index (κ2) is 25.3. The zero-order valence-corrected chi connectivity index (χ0v) is 46.2. The van der Waals surface area contributed by atoms with Gasteiger partial charge in [-0.25, -0.2) is 29.9 Å². The lowest BCUT2D eigenvalue weighted by molar-refractivity contribution is 0.303. The van der Waals surface area contributed by atoms with E-state index < -0.39 is 0 Å². The van der Waals surface area contributed by atoms with E-state index in [2.05, 4.69) is 148 Å². The maximum absolute atomic E-state index is 12.7. The number of hydrogen-bond acceptors (Lipinski definition) is 9. The predicted molar refractivity (Wildman–Crippen MR) is 309 cm³/mol. The molecule has 2 aromatic heterocycles. The Morgan fingerprint density at radius 2 is 0.653 bits per heavy atom. The highest BCUT2D eigenvalue weighted by atomic mass is 16.5. The number of nitrogens with zero attached hydrogens (tertiary/aromatic N) is 6. The summed E-state index contributed by atoms with van der Waals surface area (Å²) in [6, 6.07) is 35.1. The first-order chi connectivity index (χ1) is 36.3. The SMILES string of the molecule is CCCCCCCCOc1ccc(-c2nc(-c3ccc(C)cc3C)nc(-c3ccc(C)cc3C)n2)c(-c2cc(OCCCCCCCC)cc(O)c2-c2nc(-c3ccc(C)cc3C)nc(-c3ccc(C)cc3C)n2)c1. The molecule has 6 aromatic carbocycles. The van der Waals surface area contributed by atoms with Gasteiger partial charge in [0, 0.05) is 39.4 Å². The molecule has 9 nitrogen and oxygen atoms in total. The highest BCUT2D eigenvalue weighted by Crippen LogP contribution is 2.46. The van der Waals surface area contributed by atoms with Crippen molar-refractivity contribution in [3.8, 4) is 96.7 Å². The summed E-state index contributed by atoms with van der Waals surface area (Å²) in [6.07, 6.45) is 13.7. The van der Waals surface area contributed by atoms with E-state index >= 15 is 0 Å². The van der Waals surface area contributed by atoms with Gasteiger partial charge in [-0.2, -0.15) is 0 Å². The first-order valence-corrected chi connectivity index (χ1v) is 27.4. The van der Waals surface area contributed by atoms with Crippen LogP contribution in [0.3, 0.4) is 0 Å². The van der Waals surface area contributed by atoms with E-state index in [1.165, 1.54) is 44.9 Å². The van der Waals surface area contributed by atoms with Gasteiger partial charge in [0.25, 0.3) is 0 Å². The van der Waals surface area contributed by atoms with Crippen molar-refractivity contribution in [2.24, 2.45) is 0 Å². The van der Waals surface area contributed by atoms with Gasteiger partial charge in [0.05, 0.1) is 18.8 Å². The molecule has 0 unspecified atom stereocenters. The zero-order valence-electron chi connectivity index (χ0n) is 46.2. The predicted octanol–water partition coefficient (Wildman–Crippen LogP) is 17.4. The number of rotatable bonds is 23. The molecule has 8 aromatic rings. The molecule has 0 fully saturated rings. The molecule has 0 bridgehead atoms. The van der Waals surface area contributed by atoms with Crippen LogP contribution in [0.25, 0.3) is 79.5 Å². The molecule has 0 aliphatic rings. The monoisotopic (exact) mass is 1000 g/mol. The smallest absolute Gasteiger partial charge is 0.168 e. The van der Waals surface area contributed by atoms with Crippen LogP contribution in [0.2, 0.25) is 0 Å². The van der Waals surface area contributed by atoms with Crippen molar-refractivity contribution in [3.05, 3.63) is 148 Å². The summed E-state index contributed by atoms with van der Waals surface area (Å²) in [4.78, 5) is 31.6. The summed E-state index contributed by atoms with van der Waals surface area (Å²) >= 11 is 0. The normalized spacial score (nSPS) is 11.3. The molecule has 0 amide bonds. The highest BCUT2D eigenvalue weighted by molar-refractivity contribution is 5.93. The van der Waals surface area contributed by atoms with E-state index in [-0.39, 0.29) is 5.75 Å². The number of unbranched alkanes of at least 4 members (excludes halogenated alkanes) is 10. The summed E-state index contributed by atoms with van der Waals surface area (Å²) in [7, 11) is 0. The van der Waals surface area contributed by atoms with Crippen molar-refractivity contribution in [3.63, 3.8) is 0 Å². The number of aromatic hydroxyl groups is 1. The minimum absolute atomic E-state index is 0.0262. The van der Waals surface area contributed by atoms with Gasteiger partial charge in [0.2, 0.25) is 0 Å². The third-order valence-electron chi connectivity index (χ3n) is 14.1. The lowest BCUT2D eigenvalue weighted by Crippen LogP contribution is -2.05. The Morgan fingerprint density at radius 3 is 1.05 bits per heavy atom. The Hall–Kier alpha value is -7.26. The first kappa shape index (κ1) is 54.0. The number of hydrogen-bond donors (Lipinski definition) is 1. The van der Waals surface area contributed by atoms with E-state index in [0.29, 0.717) is 76.3 Å². The molecule has 2 heterocycles. The molecule has 0 radical (unpaired) electrons. The van der Waals surface area contributed by atoms with Crippen LogP contribution in [0, 0.1) is 55.4 Å². The minimum atomic E-state index is -0.0262. The van der Waals surface area contributed by atoms with E-state index in [1.54, 1.807) is 6.07 Å². The molecule has 0 saturated carbocycles. The van der Waals surface area contributed by atoms with E-state index in [4.69, 9.17) is 39.4 Å². The fourth-order valence-corrected chi connectivity index (χ4v) is 10.0. The lowest BCUT2D eigenvalue weighted by Gasteiger charge is -2.19. The molecule has 0 aliphatic heterocycles. The topological polar surface area (TPSA) is 116 Å². The fourth-order valence-electron chi connectivity index (χ4n) is 10.0. The number of aromatic nitrogens is 6. The van der Waals surface area contributed by atoms with Crippen molar-refractivity contribution in [2.45, 2.75) is 146 Å². The van der Waals surface area contributed by atoms with Crippen molar-refractivity contribution < 1.29 is 14.6 Å². The molecule has 0 saturated heterocycles. The van der Waals surface area contributed by atoms with Crippen LogP contribution in [0.15, 0.2) is 103 Å². The summed E-state index contributed by atoms with van der Waals surface area (Å²) in [5.41, 5.74) is 14.9. The molecule has 0 atom stereocenters. The lowest BCUT2D eigenvalue weighted by atomic mass is 9.92. The number of benzene rings is 6. The Bertz CT molecular complexity index is 3130. The van der Waals surface area contributed by atoms with Gasteiger partial charge in [0.1, 0.15) is 17.2 Å². The molecule has 9 heteroatoms. The van der Waals surface area contributed by atoms with Crippen molar-refractivity contribution in [1.29, 1.82) is 0 Å². The molecule has 1 N–H and O–H groups in total. The van der Waals surface area contributed by atoms with Gasteiger partial charge in [0.15, 0.2) is 34.9 Å². The summed E-state index contributed by atoms with van der Waals surface area (Å²) < 4.78 is 13.2. The van der Waals surface area contributed by atoms with Crippen LogP contribution in [0.1, 0.15) is 135 Å². The standard InChI is InChI=1S/C66H76N6O3/c1-11-13-15-17-19-21-33-74-50-27-32-56(65-69-61(52-28-23-42(3)35-46(52)7)67-62(70-65)53-29-24-43(4)36-47(53)8)57(39-50)58-40-51(75-34-22-20-18-16-14-12-2)41-59(73)60(58)66-71-63(54-30-25-44(5)37-48(54)9)68-64(72-66)55-31-26-45(6)38-49(55)10/h23-32,35-41,73H,11-22,33-34H2,1-10H3. The molecular formula is C66H76N6O3. The fraction of sp³-hybridized carbons (Fsp3) is 0.364. The van der Waals surface area contributed by atoms with Crippen molar-refractivity contribution in [1.82, 2.24) is 29.9 Å². The third kappa shape index (κ3) is 13.5. The molecule has 388 valence electrons. The molecule has 0 spiro atoms. The Kier molecular flexibility index (Phi) is 18.2. The minimum Gasteiger partial charge on any atom is -0.507 e. The molecule has 8 rings (SSSR count). The van der Waals surface area contributed by atoms with Gasteiger partial charge in [-0.3, -0.25) is 0 Å². The van der Waals surface area contributed by atoms with Crippen LogP contribution in [0.4, 0.5) is 0 Å². The summed E-state index contributed by atoms with van der Waals surface area (Å²) in [5.74, 6) is 4.12. The summed E-state index contributed by atoms with van der Waals surface area (Å²) in [6.45, 7) is 22.3. The van der Waals surface area contributed by atoms with Crippen LogP contribution < -0.4 is 9.47 Å². The maximum Gasteiger partial charge on any atom is 0.168 e. The Labute approximate surface area is 446 Å². The molecule has 0 aliphatic carbocycles. The number of aryl methyl sites for hydroxylation is 8. The van der Waals surface area contributed by atoms with Gasteiger partial charge in [-0.15, -0.1) is 0 Å². The molecular weight excluding hydrogens is 925 g/mol. The maximum atomic E-state index is 12.7. The second-order valence-electron chi connectivity index (χ2n) is 20.7. The van der Waals surface area contributed by atoms with Crippen molar-refractivity contribution >= 4 is 0 Å². The quantitative estimate of drug-likeness (QED) is 0.0625. The first-order valence-electron chi connectivity index (χ1n) is 27.4. The van der Waals surface area contributed by atoms with Gasteiger partial charge in [-0.05, 0) is 120 Å². The van der Waals surface area contributed by atoms with Gasteiger partial charge >= 0.3 is 0 Å². The Morgan fingerprint density at radius 1 is 0.320 bits per heavy atom. The van der Waals surface area contributed by atoms with Gasteiger partial charge < -0.3 is 14.6 Å². The number of phenolic OH excluding ortho intramolecular Hbond substituents is 1. The van der Waals surface area contributed by atoms with Gasteiger partial charge in [-0.1, -0.05) is 173 Å².